The average molecular weight is 498 g/mol. The van der Waals surface area contributed by atoms with E-state index in [1.165, 1.54) is 17.4 Å². The van der Waals surface area contributed by atoms with Crippen LogP contribution in [0.3, 0.4) is 0 Å². The molecular formula is C26H22F3N3O2S. The summed E-state index contributed by atoms with van der Waals surface area (Å²) >= 11 is 1.38. The highest BCUT2D eigenvalue weighted by Gasteiger charge is 2.30. The number of nitrogens with one attached hydrogen (secondary N) is 1. The van der Waals surface area contributed by atoms with Gasteiger partial charge in [0.15, 0.2) is 5.13 Å². The molecule has 0 saturated carbocycles. The van der Waals surface area contributed by atoms with Crippen molar-refractivity contribution in [1.82, 2.24) is 10.3 Å². The van der Waals surface area contributed by atoms with Gasteiger partial charge in [-0.1, -0.05) is 54.6 Å². The Hall–Kier alpha value is -3.85. The summed E-state index contributed by atoms with van der Waals surface area (Å²) in [6, 6.07) is 21.8. The van der Waals surface area contributed by atoms with Gasteiger partial charge in [0.2, 0.25) is 5.91 Å². The number of para-hydroxylation sites is 2. The molecule has 4 aromatic rings. The quantitative estimate of drug-likeness (QED) is 0.311. The van der Waals surface area contributed by atoms with Crippen LogP contribution in [0.2, 0.25) is 0 Å². The molecule has 0 radical (unpaired) electrons. The summed E-state index contributed by atoms with van der Waals surface area (Å²) in [5, 5.41) is 5.21. The average Bonchev–Trinajstić information content (AvgIpc) is 3.36. The number of halogens is 3. The number of methoxy groups -OCH3 is 1. The first-order valence-electron chi connectivity index (χ1n) is 10.7. The molecule has 3 aromatic carbocycles. The molecule has 0 aliphatic rings. The van der Waals surface area contributed by atoms with Crippen LogP contribution in [-0.2, 0) is 17.5 Å². The Balaban J connectivity index is 1.56. The Kier molecular flexibility index (Phi) is 7.36. The van der Waals surface area contributed by atoms with E-state index in [0.29, 0.717) is 22.1 Å². The van der Waals surface area contributed by atoms with Gasteiger partial charge in [-0.15, -0.1) is 11.3 Å². The van der Waals surface area contributed by atoms with Gasteiger partial charge in [0.25, 0.3) is 0 Å². The second-order valence-corrected chi connectivity index (χ2v) is 8.45. The number of rotatable bonds is 8. The molecule has 0 aliphatic heterocycles. The number of thiazole rings is 1. The lowest BCUT2D eigenvalue weighted by Crippen LogP contribution is -2.34. The third-order valence-corrected chi connectivity index (χ3v) is 6.08. The van der Waals surface area contributed by atoms with Crippen LogP contribution >= 0.6 is 11.3 Å². The molecule has 0 fully saturated rings. The van der Waals surface area contributed by atoms with Gasteiger partial charge in [-0.05, 0) is 29.8 Å². The highest BCUT2D eigenvalue weighted by Crippen LogP contribution is 2.36. The maximum atomic E-state index is 13.0. The zero-order chi connectivity index (χ0) is 24.8. The number of ether oxygens (including phenoxy) is 1. The molecule has 0 aliphatic carbocycles. The molecule has 180 valence electrons. The SMILES string of the molecule is COc1ccccc1N(CC(=O)NCc1cccc(C(F)(F)F)c1)c1nc(-c2ccccc2)cs1. The molecular weight excluding hydrogens is 475 g/mol. The highest BCUT2D eigenvalue weighted by molar-refractivity contribution is 7.14. The second kappa shape index (κ2) is 10.6. The van der Waals surface area contributed by atoms with E-state index in [-0.39, 0.29) is 19.0 Å². The van der Waals surface area contributed by atoms with Crippen molar-refractivity contribution in [2.45, 2.75) is 12.7 Å². The van der Waals surface area contributed by atoms with Gasteiger partial charge in [0, 0.05) is 17.5 Å². The first-order valence-corrected chi connectivity index (χ1v) is 11.6. The van der Waals surface area contributed by atoms with Crippen LogP contribution < -0.4 is 15.0 Å². The summed E-state index contributed by atoms with van der Waals surface area (Å²) < 4.78 is 44.5. The lowest BCUT2D eigenvalue weighted by atomic mass is 10.1. The van der Waals surface area contributed by atoms with E-state index >= 15 is 0 Å². The van der Waals surface area contributed by atoms with Crippen LogP contribution in [0.4, 0.5) is 24.0 Å². The number of carbonyl (C=O) groups excluding carboxylic acids is 1. The predicted octanol–water partition coefficient (Wildman–Crippen LogP) is 6.29. The standard InChI is InChI=1S/C26H22F3N3O2S/c1-34-23-13-6-5-12-22(23)32(25-31-21(17-35-25)19-9-3-2-4-10-19)16-24(33)30-15-18-8-7-11-20(14-18)26(27,28)29/h2-14,17H,15-16H2,1H3,(H,30,33). The molecule has 0 atom stereocenters. The molecule has 0 spiro atoms. The van der Waals surface area contributed by atoms with Crippen molar-refractivity contribution in [3.63, 3.8) is 0 Å². The van der Waals surface area contributed by atoms with Crippen LogP contribution in [0.15, 0.2) is 84.2 Å². The Labute approximate surface area is 204 Å². The monoisotopic (exact) mass is 497 g/mol. The van der Waals surface area contributed by atoms with Gasteiger partial charge in [-0.3, -0.25) is 4.79 Å². The largest absolute Gasteiger partial charge is 0.495 e. The minimum atomic E-state index is -4.44. The molecule has 1 amide bonds. The number of hydrogen-bond acceptors (Lipinski definition) is 5. The van der Waals surface area contributed by atoms with Crippen molar-refractivity contribution in [2.24, 2.45) is 0 Å². The number of carbonyl (C=O) groups is 1. The minimum Gasteiger partial charge on any atom is -0.495 e. The van der Waals surface area contributed by atoms with Crippen LogP contribution in [0.25, 0.3) is 11.3 Å². The van der Waals surface area contributed by atoms with Crippen molar-refractivity contribution in [1.29, 1.82) is 0 Å². The highest BCUT2D eigenvalue weighted by atomic mass is 32.1. The Morgan fingerprint density at radius 3 is 2.51 bits per heavy atom. The molecule has 35 heavy (non-hydrogen) atoms. The molecule has 1 heterocycles. The van der Waals surface area contributed by atoms with Gasteiger partial charge in [-0.2, -0.15) is 13.2 Å². The zero-order valence-corrected chi connectivity index (χ0v) is 19.6. The molecule has 0 bridgehead atoms. The fraction of sp³-hybridized carbons (Fsp3) is 0.154. The van der Waals surface area contributed by atoms with Crippen molar-refractivity contribution < 1.29 is 22.7 Å². The van der Waals surface area contributed by atoms with E-state index in [0.717, 1.165) is 23.4 Å². The van der Waals surface area contributed by atoms with E-state index in [2.05, 4.69) is 5.32 Å². The summed E-state index contributed by atoms with van der Waals surface area (Å²) in [6.07, 6.45) is -4.44. The van der Waals surface area contributed by atoms with Crippen molar-refractivity contribution in [3.8, 4) is 17.0 Å². The molecule has 0 unspecified atom stereocenters. The topological polar surface area (TPSA) is 54.5 Å². The number of anilines is 2. The third kappa shape index (κ3) is 5.99. The van der Waals surface area contributed by atoms with Crippen molar-refractivity contribution in [2.75, 3.05) is 18.6 Å². The molecule has 1 N–H and O–H groups in total. The van der Waals surface area contributed by atoms with Crippen LogP contribution in [0.5, 0.6) is 5.75 Å². The lowest BCUT2D eigenvalue weighted by molar-refractivity contribution is -0.137. The summed E-state index contributed by atoms with van der Waals surface area (Å²) in [6.45, 7) is -0.128. The van der Waals surface area contributed by atoms with E-state index in [1.807, 2.05) is 53.9 Å². The number of hydrogen-bond donors (Lipinski definition) is 1. The Bertz CT molecular complexity index is 1290. The molecule has 0 saturated heterocycles. The molecule has 1 aromatic heterocycles. The zero-order valence-electron chi connectivity index (χ0n) is 18.8. The normalized spacial score (nSPS) is 11.2. The first kappa shape index (κ1) is 24.3. The van der Waals surface area contributed by atoms with Crippen LogP contribution in [0.1, 0.15) is 11.1 Å². The number of amides is 1. The smallest absolute Gasteiger partial charge is 0.416 e. The number of aromatic nitrogens is 1. The third-order valence-electron chi connectivity index (χ3n) is 5.21. The lowest BCUT2D eigenvalue weighted by Gasteiger charge is -2.23. The first-order chi connectivity index (χ1) is 16.8. The summed E-state index contributed by atoms with van der Waals surface area (Å²) in [5.74, 6) is 0.194. The Morgan fingerprint density at radius 2 is 1.77 bits per heavy atom. The number of benzene rings is 3. The van der Waals surface area contributed by atoms with E-state index in [1.54, 1.807) is 24.1 Å². The van der Waals surface area contributed by atoms with E-state index in [9.17, 15) is 18.0 Å². The fourth-order valence-electron chi connectivity index (χ4n) is 3.50. The molecule has 9 heteroatoms. The van der Waals surface area contributed by atoms with Crippen molar-refractivity contribution in [3.05, 3.63) is 95.4 Å². The summed E-state index contributed by atoms with van der Waals surface area (Å²) in [7, 11) is 1.54. The molecule has 5 nitrogen and oxygen atoms in total. The number of alkyl halides is 3. The maximum absolute atomic E-state index is 13.0. The van der Waals surface area contributed by atoms with E-state index in [4.69, 9.17) is 9.72 Å². The Morgan fingerprint density at radius 1 is 1.03 bits per heavy atom. The maximum Gasteiger partial charge on any atom is 0.416 e. The number of nitrogens with zero attached hydrogens (tertiary/aromatic N) is 2. The summed E-state index contributed by atoms with van der Waals surface area (Å²) in [5.41, 5.74) is 1.98. The van der Waals surface area contributed by atoms with Gasteiger partial charge >= 0.3 is 6.18 Å². The predicted molar refractivity (Wildman–Crippen MR) is 131 cm³/mol. The van der Waals surface area contributed by atoms with Crippen LogP contribution in [-0.4, -0.2) is 24.5 Å². The second-order valence-electron chi connectivity index (χ2n) is 7.61. The van der Waals surface area contributed by atoms with Gasteiger partial charge in [0.05, 0.1) is 24.1 Å². The van der Waals surface area contributed by atoms with Crippen LogP contribution in [0, 0.1) is 0 Å². The molecule has 4 rings (SSSR count). The van der Waals surface area contributed by atoms with Gasteiger partial charge in [0.1, 0.15) is 12.3 Å². The minimum absolute atomic E-state index is 0.0321. The van der Waals surface area contributed by atoms with Crippen molar-refractivity contribution >= 4 is 28.1 Å². The fourth-order valence-corrected chi connectivity index (χ4v) is 4.34. The van der Waals surface area contributed by atoms with Gasteiger partial charge < -0.3 is 15.0 Å². The van der Waals surface area contributed by atoms with Gasteiger partial charge in [-0.25, -0.2) is 4.98 Å². The summed E-state index contributed by atoms with van der Waals surface area (Å²) in [4.78, 5) is 19.4. The van der Waals surface area contributed by atoms with E-state index < -0.39 is 11.7 Å².